The number of benzene rings is 1. The van der Waals surface area contributed by atoms with E-state index in [4.69, 9.17) is 9.29 Å². The number of carboxylic acid groups (broad SMARTS) is 1. The van der Waals surface area contributed by atoms with E-state index in [1.54, 1.807) is 13.0 Å². The lowest BCUT2D eigenvalue weighted by Gasteiger charge is -2.19. The van der Waals surface area contributed by atoms with Crippen molar-refractivity contribution < 1.29 is 27.3 Å². The van der Waals surface area contributed by atoms with Crippen molar-refractivity contribution in [2.75, 3.05) is 11.9 Å². The first kappa shape index (κ1) is 16.6. The molecule has 0 atom stereocenters. The van der Waals surface area contributed by atoms with Crippen molar-refractivity contribution in [3.05, 3.63) is 46.3 Å². The van der Waals surface area contributed by atoms with E-state index in [0.717, 1.165) is 0 Å². The van der Waals surface area contributed by atoms with Gasteiger partial charge < -0.3 is 15.4 Å². The molecule has 1 aromatic heterocycles. The highest BCUT2D eigenvalue weighted by molar-refractivity contribution is 7.86. The largest absolute Gasteiger partial charge is 0.478 e. The highest BCUT2D eigenvalue weighted by Crippen LogP contribution is 2.40. The summed E-state index contributed by atoms with van der Waals surface area (Å²) >= 11 is 0. The molecule has 0 fully saturated rings. The number of H-pyrrole nitrogens is 1. The van der Waals surface area contributed by atoms with Crippen LogP contribution in [-0.2, 0) is 25.5 Å². The summed E-state index contributed by atoms with van der Waals surface area (Å²) in [6.07, 6.45) is 3.26. The van der Waals surface area contributed by atoms with Gasteiger partial charge in [-0.25, -0.2) is 4.79 Å². The lowest BCUT2D eigenvalue weighted by atomic mass is 9.97. The summed E-state index contributed by atoms with van der Waals surface area (Å²) in [7, 11) is -3.84. The van der Waals surface area contributed by atoms with E-state index in [9.17, 15) is 18.0 Å². The zero-order chi connectivity index (χ0) is 18.6. The van der Waals surface area contributed by atoms with Gasteiger partial charge in [-0.15, -0.1) is 0 Å². The van der Waals surface area contributed by atoms with Gasteiger partial charge in [0.15, 0.2) is 0 Å². The van der Waals surface area contributed by atoms with Crippen LogP contribution in [0.4, 0.5) is 5.69 Å². The molecule has 0 spiro atoms. The first-order valence-corrected chi connectivity index (χ1v) is 9.20. The molecule has 4 rings (SSSR count). The van der Waals surface area contributed by atoms with Crippen molar-refractivity contribution in [1.29, 1.82) is 0 Å². The third-order valence-electron chi connectivity index (χ3n) is 4.59. The average molecular weight is 374 g/mol. The second-order valence-electron chi connectivity index (χ2n) is 6.05. The molecular formula is C17H14N2O6S. The van der Waals surface area contributed by atoms with E-state index < -0.39 is 16.1 Å². The van der Waals surface area contributed by atoms with Crippen molar-refractivity contribution in [3.8, 4) is 0 Å². The molecule has 1 amide bonds. The van der Waals surface area contributed by atoms with E-state index in [-0.39, 0.29) is 28.5 Å². The average Bonchev–Trinajstić information content (AvgIpc) is 3.08. The maximum Gasteiger partial charge on any atom is 0.337 e. The molecule has 3 N–H and O–H groups in total. The van der Waals surface area contributed by atoms with Crippen LogP contribution in [0.2, 0.25) is 0 Å². The number of amides is 1. The minimum atomic E-state index is -3.84. The molecule has 0 saturated heterocycles. The minimum Gasteiger partial charge on any atom is -0.478 e. The molecule has 3 heterocycles. The Bertz CT molecular complexity index is 1110. The Balaban J connectivity index is 1.92. The molecule has 0 bridgehead atoms. The van der Waals surface area contributed by atoms with Gasteiger partial charge in [0.1, 0.15) is 0 Å². The molecule has 0 saturated carbocycles. The lowest BCUT2D eigenvalue weighted by Crippen LogP contribution is -2.19. The quantitative estimate of drug-likeness (QED) is 0.543. The maximum absolute atomic E-state index is 12.4. The van der Waals surface area contributed by atoms with Gasteiger partial charge in [-0.1, -0.05) is 0 Å². The van der Waals surface area contributed by atoms with Gasteiger partial charge >= 0.3 is 5.97 Å². The van der Waals surface area contributed by atoms with Gasteiger partial charge in [0.05, 0.1) is 22.6 Å². The summed E-state index contributed by atoms with van der Waals surface area (Å²) in [5.74, 6) is -1.44. The topological polar surface area (TPSA) is 126 Å². The summed E-state index contributed by atoms with van der Waals surface area (Å²) in [6, 6.07) is 2.96. The number of carbonyl (C=O) groups is 2. The molecule has 1 aromatic carbocycles. The van der Waals surface area contributed by atoms with Gasteiger partial charge in [-0.05, 0) is 42.7 Å². The van der Waals surface area contributed by atoms with Crippen LogP contribution in [0.3, 0.4) is 0 Å². The number of anilines is 1. The second-order valence-corrected chi connectivity index (χ2v) is 7.63. The predicted octanol–water partition coefficient (Wildman–Crippen LogP) is 1.78. The van der Waals surface area contributed by atoms with Crippen LogP contribution in [0.5, 0.6) is 0 Å². The molecule has 2 aliphatic heterocycles. The number of carbonyl (C=O) groups excluding carboxylic acids is 1. The smallest absolute Gasteiger partial charge is 0.337 e. The third kappa shape index (κ3) is 2.36. The van der Waals surface area contributed by atoms with Crippen LogP contribution < -0.4 is 5.32 Å². The number of aromatic carboxylic acids is 1. The zero-order valence-corrected chi connectivity index (χ0v) is 14.4. The molecule has 26 heavy (non-hydrogen) atoms. The summed E-state index contributed by atoms with van der Waals surface area (Å²) < 4.78 is 29.1. The number of nitrogens with one attached hydrogen (secondary N) is 2. The van der Waals surface area contributed by atoms with Crippen LogP contribution in [0, 0.1) is 6.92 Å². The van der Waals surface area contributed by atoms with E-state index in [1.165, 1.54) is 18.3 Å². The second kappa shape index (κ2) is 5.55. The molecule has 2 aliphatic rings. The standard InChI is InChI=1S/C17H14N2O6S/c1-8-11(17(21)22)7-18-13(8)6-10-15-9-4-5-25-26(23,24)14(9)3-2-12(15)19-16(10)20/h2-3,6-7,18H,4-5H2,1H3,(H,19,20)(H,21,22). The number of rotatable bonds is 2. The van der Waals surface area contributed by atoms with Crippen molar-refractivity contribution in [2.45, 2.75) is 18.2 Å². The fourth-order valence-corrected chi connectivity index (χ4v) is 4.48. The number of carboxylic acids is 1. The molecule has 0 unspecified atom stereocenters. The number of fused-ring (bicyclic) bond motifs is 3. The lowest BCUT2D eigenvalue weighted by molar-refractivity contribution is -0.110. The van der Waals surface area contributed by atoms with Gasteiger partial charge in [0.25, 0.3) is 16.0 Å². The SMILES string of the molecule is Cc1c(C(=O)O)c[nH]c1C=C1C(=O)Nc2ccc3c(c21)CCOS3(=O)=O. The Hall–Kier alpha value is -2.91. The Labute approximate surface area is 148 Å². The highest BCUT2D eigenvalue weighted by atomic mass is 32.2. The number of hydrogen-bond acceptors (Lipinski definition) is 5. The molecular weight excluding hydrogens is 360 g/mol. The Kier molecular flexibility index (Phi) is 3.53. The van der Waals surface area contributed by atoms with Gasteiger partial charge in [0, 0.05) is 23.1 Å². The van der Waals surface area contributed by atoms with Gasteiger partial charge in [-0.2, -0.15) is 8.42 Å². The molecule has 0 radical (unpaired) electrons. The summed E-state index contributed by atoms with van der Waals surface area (Å²) in [5, 5.41) is 11.9. The minimum absolute atomic E-state index is 0.0119. The Morgan fingerprint density at radius 2 is 2.12 bits per heavy atom. The summed E-state index contributed by atoms with van der Waals surface area (Å²) in [5.41, 5.74) is 2.95. The van der Waals surface area contributed by atoms with Crippen molar-refractivity contribution in [1.82, 2.24) is 4.98 Å². The van der Waals surface area contributed by atoms with Crippen LogP contribution in [0.25, 0.3) is 11.6 Å². The van der Waals surface area contributed by atoms with E-state index in [2.05, 4.69) is 10.3 Å². The normalized spacial score (nSPS) is 19.1. The predicted molar refractivity (Wildman–Crippen MR) is 92.3 cm³/mol. The number of aromatic amines is 1. The van der Waals surface area contributed by atoms with Crippen LogP contribution in [-0.4, -0.2) is 37.0 Å². The number of aromatic nitrogens is 1. The number of hydrogen-bond donors (Lipinski definition) is 3. The first-order valence-electron chi connectivity index (χ1n) is 7.79. The fraction of sp³-hybridized carbons (Fsp3) is 0.176. The van der Waals surface area contributed by atoms with Gasteiger partial charge in [-0.3, -0.25) is 8.98 Å². The third-order valence-corrected chi connectivity index (χ3v) is 5.99. The first-order chi connectivity index (χ1) is 12.3. The van der Waals surface area contributed by atoms with Crippen molar-refractivity contribution >= 4 is 39.3 Å². The molecule has 0 aliphatic carbocycles. The van der Waals surface area contributed by atoms with Crippen LogP contribution in [0.15, 0.2) is 23.2 Å². The fourth-order valence-electron chi connectivity index (χ4n) is 3.31. The van der Waals surface area contributed by atoms with E-state index in [0.29, 0.717) is 34.5 Å². The van der Waals surface area contributed by atoms with Gasteiger partial charge in [0.2, 0.25) is 0 Å². The van der Waals surface area contributed by atoms with E-state index in [1.807, 2.05) is 0 Å². The van der Waals surface area contributed by atoms with Crippen molar-refractivity contribution in [2.24, 2.45) is 0 Å². The van der Waals surface area contributed by atoms with Crippen LogP contribution >= 0.6 is 0 Å². The van der Waals surface area contributed by atoms with Crippen LogP contribution in [0.1, 0.15) is 32.7 Å². The monoisotopic (exact) mass is 374 g/mol. The highest BCUT2D eigenvalue weighted by Gasteiger charge is 2.34. The zero-order valence-electron chi connectivity index (χ0n) is 13.6. The summed E-state index contributed by atoms with van der Waals surface area (Å²) in [6.45, 7) is 1.65. The molecule has 134 valence electrons. The maximum atomic E-state index is 12.4. The van der Waals surface area contributed by atoms with E-state index >= 15 is 0 Å². The summed E-state index contributed by atoms with van der Waals surface area (Å²) in [4.78, 5) is 26.5. The Morgan fingerprint density at radius 3 is 2.81 bits per heavy atom. The van der Waals surface area contributed by atoms with Crippen molar-refractivity contribution in [3.63, 3.8) is 0 Å². The Morgan fingerprint density at radius 1 is 1.35 bits per heavy atom. The molecule has 8 nitrogen and oxygen atoms in total. The molecule has 9 heteroatoms. The molecule has 2 aromatic rings.